The van der Waals surface area contributed by atoms with E-state index in [0.717, 1.165) is 0 Å². The number of hydrogen-bond donors (Lipinski definition) is 1. The number of hydrogen-bond acceptors (Lipinski definition) is 1. The van der Waals surface area contributed by atoms with Gasteiger partial charge in [-0.15, -0.1) is 0 Å². The Kier molecular flexibility index (Phi) is 6.18. The zero-order chi connectivity index (χ0) is 5.15. The second-order valence-corrected chi connectivity index (χ2v) is 1.17. The van der Waals surface area contributed by atoms with Gasteiger partial charge < -0.3 is 5.11 Å². The van der Waals surface area contributed by atoms with Crippen LogP contribution in [0.2, 0.25) is 0 Å². The molecular formula is C3H4ClLiO2. The van der Waals surface area contributed by atoms with Crippen molar-refractivity contribution in [3.8, 4) is 0 Å². The van der Waals surface area contributed by atoms with E-state index in [-0.39, 0.29) is 23.9 Å². The van der Waals surface area contributed by atoms with Gasteiger partial charge in [-0.05, 0) is 0 Å². The van der Waals surface area contributed by atoms with E-state index in [1.807, 2.05) is 0 Å². The predicted octanol–water partition coefficient (Wildman–Crippen LogP) is 0.175. The molecule has 0 unspecified atom stereocenters. The summed E-state index contributed by atoms with van der Waals surface area (Å²) >= 11 is 4.82. The molecule has 2 nitrogen and oxygen atoms in total. The van der Waals surface area contributed by atoms with Crippen molar-refractivity contribution in [3.63, 3.8) is 0 Å². The van der Waals surface area contributed by atoms with Crippen LogP contribution >= 0.6 is 11.6 Å². The zero-order valence-corrected chi connectivity index (χ0v) is 3.70. The van der Waals surface area contributed by atoms with Crippen LogP contribution < -0.4 is 0 Å². The molecule has 0 aliphatic heterocycles. The van der Waals surface area contributed by atoms with Crippen molar-refractivity contribution in [1.82, 2.24) is 0 Å². The molecule has 0 aliphatic rings. The molecule has 0 aliphatic carbocycles. The molecule has 0 aromatic rings. The van der Waals surface area contributed by atoms with Gasteiger partial charge in [0, 0.05) is 0 Å². The fraction of sp³-hybridized carbons (Fsp3) is 0. The molecule has 0 saturated carbocycles. The van der Waals surface area contributed by atoms with Crippen molar-refractivity contribution in [3.05, 3.63) is 11.6 Å². The summed E-state index contributed by atoms with van der Waals surface area (Å²) in [4.78, 5) is 9.47. The third kappa shape index (κ3) is 6.10. The molecule has 0 amide bonds. The van der Waals surface area contributed by atoms with Gasteiger partial charge in [-0.1, -0.05) is 18.2 Å². The molecule has 0 spiro atoms. The molecule has 0 saturated heterocycles. The summed E-state index contributed by atoms with van der Waals surface area (Å²) in [5.41, 5.74) is 0. The van der Waals surface area contributed by atoms with Gasteiger partial charge in [0.05, 0.1) is 0 Å². The summed E-state index contributed by atoms with van der Waals surface area (Å²) < 4.78 is 0. The van der Waals surface area contributed by atoms with Crippen LogP contribution in [0.1, 0.15) is 0 Å². The molecule has 36 valence electrons. The molecule has 7 heavy (non-hydrogen) atoms. The van der Waals surface area contributed by atoms with Crippen LogP contribution in [0, 0.1) is 0 Å². The van der Waals surface area contributed by atoms with E-state index in [1.54, 1.807) is 0 Å². The molecule has 0 aromatic heterocycles. The SMILES string of the molecule is C=C(Cl)C(=O)O.[LiH]. The fourth-order valence-electron chi connectivity index (χ4n) is 0. The molecule has 0 rings (SSSR count). The van der Waals surface area contributed by atoms with Gasteiger partial charge in [0.15, 0.2) is 0 Å². The maximum atomic E-state index is 9.47. The minimum atomic E-state index is -1.17. The molecule has 0 atom stereocenters. The molecule has 0 heterocycles. The Labute approximate surface area is 58.3 Å². The molecular weight excluding hydrogens is 110 g/mol. The third-order valence-electron chi connectivity index (χ3n) is 0.232. The van der Waals surface area contributed by atoms with Gasteiger partial charge >= 0.3 is 24.8 Å². The van der Waals surface area contributed by atoms with Gasteiger partial charge in [0.1, 0.15) is 5.03 Å². The standard InChI is InChI=1S/C3H3ClO2.Li.H/c1-2(4)3(5)6;;/h1H2,(H,5,6);;. The van der Waals surface area contributed by atoms with E-state index in [0.29, 0.717) is 0 Å². The number of carboxylic acids is 1. The van der Waals surface area contributed by atoms with Crippen LogP contribution in [-0.2, 0) is 4.79 Å². The summed E-state index contributed by atoms with van der Waals surface area (Å²) in [6, 6.07) is 0. The second-order valence-electron chi connectivity index (χ2n) is 0.710. The Morgan fingerprint density at radius 2 is 1.86 bits per heavy atom. The molecule has 0 fully saturated rings. The number of carbonyl (C=O) groups is 1. The van der Waals surface area contributed by atoms with Gasteiger partial charge in [-0.3, -0.25) is 0 Å². The second kappa shape index (κ2) is 4.26. The maximum absolute atomic E-state index is 9.47. The molecule has 0 radical (unpaired) electrons. The van der Waals surface area contributed by atoms with Crippen molar-refractivity contribution in [1.29, 1.82) is 0 Å². The number of rotatable bonds is 1. The van der Waals surface area contributed by atoms with Crippen molar-refractivity contribution in [2.75, 3.05) is 0 Å². The minimum absolute atomic E-state index is 0. The van der Waals surface area contributed by atoms with E-state index >= 15 is 0 Å². The summed E-state index contributed by atoms with van der Waals surface area (Å²) in [7, 11) is 0. The first kappa shape index (κ1) is 10.2. The van der Waals surface area contributed by atoms with Crippen LogP contribution in [0.3, 0.4) is 0 Å². The van der Waals surface area contributed by atoms with Crippen LogP contribution in [0.5, 0.6) is 0 Å². The van der Waals surface area contributed by atoms with Crippen LogP contribution in [-0.4, -0.2) is 29.9 Å². The number of aliphatic carboxylic acids is 1. The Morgan fingerprint density at radius 3 is 1.86 bits per heavy atom. The van der Waals surface area contributed by atoms with Crippen molar-refractivity contribution >= 4 is 36.4 Å². The van der Waals surface area contributed by atoms with Crippen molar-refractivity contribution < 1.29 is 9.90 Å². The monoisotopic (exact) mass is 114 g/mol. The first-order valence-electron chi connectivity index (χ1n) is 1.22. The molecule has 0 bridgehead atoms. The van der Waals surface area contributed by atoms with Crippen LogP contribution in [0.4, 0.5) is 0 Å². The third-order valence-corrected chi connectivity index (χ3v) is 0.394. The molecule has 0 aromatic carbocycles. The topological polar surface area (TPSA) is 37.3 Å². The predicted molar refractivity (Wildman–Crippen MR) is 29.8 cm³/mol. The zero-order valence-electron chi connectivity index (χ0n) is 2.94. The van der Waals surface area contributed by atoms with E-state index in [4.69, 9.17) is 16.7 Å². The average Bonchev–Trinajstić information content (AvgIpc) is 1.36. The Morgan fingerprint density at radius 1 is 1.71 bits per heavy atom. The van der Waals surface area contributed by atoms with Gasteiger partial charge in [0.2, 0.25) is 0 Å². The molecule has 1 N–H and O–H groups in total. The number of halogens is 1. The Balaban J connectivity index is 0. The van der Waals surface area contributed by atoms with Gasteiger partial charge in [0.25, 0.3) is 0 Å². The van der Waals surface area contributed by atoms with E-state index < -0.39 is 5.97 Å². The summed E-state index contributed by atoms with van der Waals surface area (Å²) in [6.45, 7) is 2.92. The summed E-state index contributed by atoms with van der Waals surface area (Å²) in [5.74, 6) is -1.17. The van der Waals surface area contributed by atoms with Crippen molar-refractivity contribution in [2.45, 2.75) is 0 Å². The van der Waals surface area contributed by atoms with Gasteiger partial charge in [-0.2, -0.15) is 0 Å². The van der Waals surface area contributed by atoms with Crippen LogP contribution in [0.25, 0.3) is 0 Å². The van der Waals surface area contributed by atoms with E-state index in [1.165, 1.54) is 0 Å². The first-order valence-corrected chi connectivity index (χ1v) is 1.60. The fourth-order valence-corrected chi connectivity index (χ4v) is 0. The number of carboxylic acid groups (broad SMARTS) is 1. The quantitative estimate of drug-likeness (QED) is 0.390. The summed E-state index contributed by atoms with van der Waals surface area (Å²) in [5, 5.41) is 7.41. The Bertz CT molecular complexity index is 78.9. The normalized spacial score (nSPS) is 6.43. The Hall–Kier alpha value is 0.0974. The first-order chi connectivity index (χ1) is 2.64. The van der Waals surface area contributed by atoms with E-state index in [2.05, 4.69) is 6.58 Å². The van der Waals surface area contributed by atoms with Crippen LogP contribution in [0.15, 0.2) is 11.6 Å². The average molecular weight is 114 g/mol. The van der Waals surface area contributed by atoms with E-state index in [9.17, 15) is 4.79 Å². The van der Waals surface area contributed by atoms with Crippen molar-refractivity contribution in [2.24, 2.45) is 0 Å². The van der Waals surface area contributed by atoms with Gasteiger partial charge in [-0.25, -0.2) is 4.79 Å². The summed E-state index contributed by atoms with van der Waals surface area (Å²) in [6.07, 6.45) is 0. The molecule has 4 heteroatoms.